The molecule has 0 atom stereocenters. The van der Waals surface area contributed by atoms with Gasteiger partial charge >= 0.3 is 6.03 Å². The number of benzene rings is 1. The maximum atomic E-state index is 13.7. The van der Waals surface area contributed by atoms with Gasteiger partial charge in [-0.3, -0.25) is 0 Å². The fourth-order valence-electron chi connectivity index (χ4n) is 3.32. The number of hydrogen-bond donors (Lipinski definition) is 1. The maximum Gasteiger partial charge on any atom is 0.317 e. The van der Waals surface area contributed by atoms with Gasteiger partial charge in [-0.15, -0.1) is 0 Å². The first kappa shape index (κ1) is 16.1. The minimum Gasteiger partial charge on any atom is -0.467 e. The van der Waals surface area contributed by atoms with E-state index in [9.17, 15) is 9.18 Å². The van der Waals surface area contributed by atoms with E-state index < -0.39 is 0 Å². The number of halogens is 1. The number of ether oxygens (including phenoxy) is 2. The predicted molar refractivity (Wildman–Crippen MR) is 83.6 cm³/mol. The van der Waals surface area contributed by atoms with Crippen molar-refractivity contribution in [1.82, 2.24) is 10.2 Å². The first-order valence-electron chi connectivity index (χ1n) is 8.17. The molecule has 5 nitrogen and oxygen atoms in total. The van der Waals surface area contributed by atoms with Crippen molar-refractivity contribution in [2.75, 3.05) is 13.8 Å². The topological polar surface area (TPSA) is 50.8 Å². The van der Waals surface area contributed by atoms with E-state index in [2.05, 4.69) is 5.32 Å². The van der Waals surface area contributed by atoms with Crippen molar-refractivity contribution in [3.05, 3.63) is 29.1 Å². The minimum absolute atomic E-state index is 0.123. The van der Waals surface area contributed by atoms with Crippen molar-refractivity contribution in [3.8, 4) is 5.75 Å². The van der Waals surface area contributed by atoms with Gasteiger partial charge in [0.15, 0.2) is 6.79 Å². The molecule has 1 N–H and O–H groups in total. The zero-order valence-electron chi connectivity index (χ0n) is 13.4. The first-order chi connectivity index (χ1) is 11.1. The summed E-state index contributed by atoms with van der Waals surface area (Å²) in [4.78, 5) is 14.1. The summed E-state index contributed by atoms with van der Waals surface area (Å²) in [5, 5.41) is 2.87. The number of amides is 2. The van der Waals surface area contributed by atoms with E-state index in [1.165, 1.54) is 31.4 Å². The largest absolute Gasteiger partial charge is 0.467 e. The smallest absolute Gasteiger partial charge is 0.317 e. The molecule has 0 radical (unpaired) electrons. The maximum absolute atomic E-state index is 13.7. The van der Waals surface area contributed by atoms with E-state index in [0.29, 0.717) is 29.5 Å². The van der Waals surface area contributed by atoms with Crippen LogP contribution in [0.3, 0.4) is 0 Å². The Bertz CT molecular complexity index is 573. The van der Waals surface area contributed by atoms with Crippen molar-refractivity contribution in [1.29, 1.82) is 0 Å². The van der Waals surface area contributed by atoms with Crippen molar-refractivity contribution in [3.63, 3.8) is 0 Å². The fourth-order valence-corrected chi connectivity index (χ4v) is 3.32. The molecule has 23 heavy (non-hydrogen) atoms. The summed E-state index contributed by atoms with van der Waals surface area (Å²) in [6.45, 7) is 0.730. The number of rotatable bonds is 3. The van der Waals surface area contributed by atoms with Crippen LogP contribution in [0.1, 0.15) is 43.2 Å². The molecule has 0 aromatic heterocycles. The second kappa shape index (κ2) is 7.17. The Morgan fingerprint density at radius 3 is 2.91 bits per heavy atom. The molecular weight excluding hydrogens is 299 g/mol. The van der Waals surface area contributed by atoms with Crippen LogP contribution < -0.4 is 10.1 Å². The quantitative estimate of drug-likeness (QED) is 0.930. The molecule has 0 unspecified atom stereocenters. The molecule has 0 saturated heterocycles. The summed E-state index contributed by atoms with van der Waals surface area (Å²) in [7, 11) is 1.83. The van der Waals surface area contributed by atoms with Gasteiger partial charge in [-0.05, 0) is 25.0 Å². The first-order valence-corrected chi connectivity index (χ1v) is 8.17. The third-order valence-corrected chi connectivity index (χ3v) is 4.62. The SMILES string of the molecule is CN(C(=O)NCc1cc(F)cc2c1OCOC2)C1CCCCC1. The van der Waals surface area contributed by atoms with E-state index >= 15 is 0 Å². The predicted octanol–water partition coefficient (Wildman–Crippen LogP) is 3.17. The standard InChI is InChI=1S/C17H23FN2O3/c1-20(15-5-3-2-4-6-15)17(21)19-9-12-7-14(18)8-13-10-22-11-23-16(12)13/h7-8,15H,2-6,9-11H2,1H3,(H,19,21). The van der Waals surface area contributed by atoms with Gasteiger partial charge in [0.2, 0.25) is 0 Å². The van der Waals surface area contributed by atoms with Crippen LogP contribution in [0.5, 0.6) is 5.75 Å². The Labute approximate surface area is 135 Å². The second-order valence-corrected chi connectivity index (χ2v) is 6.23. The summed E-state index contributed by atoms with van der Waals surface area (Å²) < 4.78 is 24.3. The van der Waals surface area contributed by atoms with Crippen molar-refractivity contribution < 1.29 is 18.7 Å². The summed E-state index contributed by atoms with van der Waals surface area (Å²) in [5.41, 5.74) is 1.33. The second-order valence-electron chi connectivity index (χ2n) is 6.23. The Hall–Kier alpha value is -1.82. The summed E-state index contributed by atoms with van der Waals surface area (Å²) in [6, 6.07) is 3.00. The molecule has 2 aliphatic rings. The Kier molecular flexibility index (Phi) is 5.00. The normalized spacial score (nSPS) is 18.0. The van der Waals surface area contributed by atoms with Crippen LogP contribution in [0.15, 0.2) is 12.1 Å². The van der Waals surface area contributed by atoms with E-state index in [0.717, 1.165) is 12.8 Å². The molecular formula is C17H23FN2O3. The number of nitrogens with zero attached hydrogens (tertiary/aromatic N) is 1. The molecule has 0 bridgehead atoms. The Balaban J connectivity index is 1.63. The molecule has 1 aliphatic heterocycles. The van der Waals surface area contributed by atoms with Crippen molar-refractivity contribution >= 4 is 6.03 Å². The van der Waals surface area contributed by atoms with E-state index in [4.69, 9.17) is 9.47 Å². The van der Waals surface area contributed by atoms with Gasteiger partial charge in [-0.25, -0.2) is 9.18 Å². The van der Waals surface area contributed by atoms with Gasteiger partial charge in [0.1, 0.15) is 11.6 Å². The van der Waals surface area contributed by atoms with Crippen molar-refractivity contribution in [2.24, 2.45) is 0 Å². The molecule has 1 heterocycles. The lowest BCUT2D eigenvalue weighted by molar-refractivity contribution is -0.0173. The molecule has 1 fully saturated rings. The minimum atomic E-state index is -0.345. The van der Waals surface area contributed by atoms with Gasteiger partial charge in [0, 0.05) is 30.8 Å². The molecule has 0 spiro atoms. The summed E-state index contributed by atoms with van der Waals surface area (Å²) >= 11 is 0. The van der Waals surface area contributed by atoms with E-state index in [1.54, 1.807) is 4.90 Å². The number of fused-ring (bicyclic) bond motifs is 1. The van der Waals surface area contributed by atoms with Crippen LogP contribution in [0.2, 0.25) is 0 Å². The van der Waals surface area contributed by atoms with Gasteiger partial charge in [-0.2, -0.15) is 0 Å². The molecule has 126 valence electrons. The van der Waals surface area contributed by atoms with E-state index in [-0.39, 0.29) is 25.2 Å². The molecule has 6 heteroatoms. The monoisotopic (exact) mass is 322 g/mol. The van der Waals surface area contributed by atoms with Crippen molar-refractivity contribution in [2.45, 2.75) is 51.3 Å². The lowest BCUT2D eigenvalue weighted by Crippen LogP contribution is -2.44. The van der Waals surface area contributed by atoms with E-state index in [1.807, 2.05) is 7.05 Å². The average molecular weight is 322 g/mol. The van der Waals surface area contributed by atoms with Crippen LogP contribution in [0.25, 0.3) is 0 Å². The molecule has 1 aromatic carbocycles. The molecule has 1 aromatic rings. The lowest BCUT2D eigenvalue weighted by Gasteiger charge is -2.31. The van der Waals surface area contributed by atoms with Gasteiger partial charge in [-0.1, -0.05) is 19.3 Å². The number of urea groups is 1. The Morgan fingerprint density at radius 1 is 1.35 bits per heavy atom. The van der Waals surface area contributed by atoms with Crippen LogP contribution in [-0.4, -0.2) is 30.8 Å². The summed E-state index contributed by atoms with van der Waals surface area (Å²) in [5.74, 6) is 0.279. The highest BCUT2D eigenvalue weighted by Crippen LogP contribution is 2.29. The number of nitrogens with one attached hydrogen (secondary N) is 1. The third kappa shape index (κ3) is 3.75. The molecule has 2 amide bonds. The van der Waals surface area contributed by atoms with Crippen LogP contribution >= 0.6 is 0 Å². The highest BCUT2D eigenvalue weighted by molar-refractivity contribution is 5.74. The average Bonchev–Trinajstić information content (AvgIpc) is 2.59. The van der Waals surface area contributed by atoms with Crippen LogP contribution in [0, 0.1) is 5.82 Å². The lowest BCUT2D eigenvalue weighted by atomic mass is 9.95. The van der Waals surface area contributed by atoms with Gasteiger partial charge in [0.25, 0.3) is 0 Å². The fraction of sp³-hybridized carbons (Fsp3) is 0.588. The highest BCUT2D eigenvalue weighted by atomic mass is 19.1. The number of hydrogen-bond acceptors (Lipinski definition) is 3. The van der Waals surface area contributed by atoms with Gasteiger partial charge < -0.3 is 19.7 Å². The molecule has 1 aliphatic carbocycles. The van der Waals surface area contributed by atoms with Crippen LogP contribution in [0.4, 0.5) is 9.18 Å². The Morgan fingerprint density at radius 2 is 2.13 bits per heavy atom. The van der Waals surface area contributed by atoms with Crippen LogP contribution in [-0.2, 0) is 17.9 Å². The zero-order valence-corrected chi connectivity index (χ0v) is 13.4. The third-order valence-electron chi connectivity index (χ3n) is 4.62. The highest BCUT2D eigenvalue weighted by Gasteiger charge is 2.23. The van der Waals surface area contributed by atoms with Gasteiger partial charge in [0.05, 0.1) is 6.61 Å². The number of carbonyl (C=O) groups excluding carboxylic acids is 1. The zero-order chi connectivity index (χ0) is 16.2. The molecule has 1 saturated carbocycles. The molecule has 3 rings (SSSR count). The number of carbonyl (C=O) groups is 1. The summed E-state index contributed by atoms with van der Waals surface area (Å²) in [6.07, 6.45) is 5.71.